The molecule has 1 saturated heterocycles. The van der Waals surface area contributed by atoms with E-state index < -0.39 is 0 Å². The molecule has 2 amide bonds. The predicted octanol–water partition coefficient (Wildman–Crippen LogP) is 1.50. The molecule has 0 aromatic carbocycles. The maximum Gasteiger partial charge on any atom is 0.268 e. The van der Waals surface area contributed by atoms with E-state index in [2.05, 4.69) is 15.6 Å². The first kappa shape index (κ1) is 11.6. The quantitative estimate of drug-likeness (QED) is 0.781. The Morgan fingerprint density at radius 3 is 3.00 bits per heavy atom. The molecule has 0 aliphatic carbocycles. The molecule has 7 heteroatoms. The van der Waals surface area contributed by atoms with Crippen LogP contribution < -0.4 is 10.6 Å². The molecule has 0 radical (unpaired) electrons. The van der Waals surface area contributed by atoms with E-state index in [0.717, 1.165) is 10.2 Å². The molecule has 0 spiro atoms. The summed E-state index contributed by atoms with van der Waals surface area (Å²) in [6.45, 7) is 0.492. The second kappa shape index (κ2) is 4.29. The molecular formula is C11H10ClN3O2S. The lowest BCUT2D eigenvalue weighted by molar-refractivity contribution is -0.119. The van der Waals surface area contributed by atoms with Gasteiger partial charge in [-0.25, -0.2) is 0 Å². The smallest absolute Gasteiger partial charge is 0.268 e. The summed E-state index contributed by atoms with van der Waals surface area (Å²) in [5.41, 5.74) is 0.493. The molecule has 2 aromatic heterocycles. The van der Waals surface area contributed by atoms with Crippen LogP contribution >= 0.6 is 22.9 Å². The van der Waals surface area contributed by atoms with Crippen molar-refractivity contribution in [3.63, 3.8) is 0 Å². The van der Waals surface area contributed by atoms with Crippen LogP contribution in [0.25, 0.3) is 10.2 Å². The lowest BCUT2D eigenvalue weighted by atomic mass is 10.2. The molecule has 1 atom stereocenters. The van der Waals surface area contributed by atoms with Gasteiger partial charge in [-0.3, -0.25) is 9.59 Å². The highest BCUT2D eigenvalue weighted by Gasteiger charge is 2.24. The Morgan fingerprint density at radius 1 is 1.50 bits per heavy atom. The molecule has 0 bridgehead atoms. The van der Waals surface area contributed by atoms with Crippen LogP contribution in [0.4, 0.5) is 0 Å². The first-order chi connectivity index (χ1) is 8.61. The van der Waals surface area contributed by atoms with E-state index in [-0.39, 0.29) is 17.9 Å². The zero-order chi connectivity index (χ0) is 12.7. The van der Waals surface area contributed by atoms with Gasteiger partial charge in [-0.2, -0.15) is 0 Å². The Kier molecular flexibility index (Phi) is 2.76. The molecule has 5 nitrogen and oxygen atoms in total. The average Bonchev–Trinajstić information content (AvgIpc) is 2.92. The van der Waals surface area contributed by atoms with Crippen molar-refractivity contribution in [1.29, 1.82) is 0 Å². The summed E-state index contributed by atoms with van der Waals surface area (Å²) in [4.78, 5) is 26.9. The maximum atomic E-state index is 12.0. The lowest BCUT2D eigenvalue weighted by Gasteiger charge is -2.08. The number of hydrogen-bond donors (Lipinski definition) is 3. The lowest BCUT2D eigenvalue weighted by Crippen LogP contribution is -2.36. The fourth-order valence-electron chi connectivity index (χ4n) is 1.99. The van der Waals surface area contributed by atoms with Crippen LogP contribution in [-0.2, 0) is 4.79 Å². The topological polar surface area (TPSA) is 74.0 Å². The number of nitrogens with one attached hydrogen (secondary N) is 3. The van der Waals surface area contributed by atoms with Crippen molar-refractivity contribution in [3.8, 4) is 0 Å². The fraction of sp³-hybridized carbons (Fsp3) is 0.273. The summed E-state index contributed by atoms with van der Waals surface area (Å²) in [6, 6.07) is 3.45. The number of thiophene rings is 1. The van der Waals surface area contributed by atoms with Crippen molar-refractivity contribution < 1.29 is 9.59 Å². The highest BCUT2D eigenvalue weighted by molar-refractivity contribution is 7.22. The number of rotatable bonds is 2. The molecule has 2 aromatic rings. The number of aromatic nitrogens is 1. The van der Waals surface area contributed by atoms with Gasteiger partial charge in [0.2, 0.25) is 5.91 Å². The largest absolute Gasteiger partial charge is 0.354 e. The van der Waals surface area contributed by atoms with E-state index in [0.29, 0.717) is 23.0 Å². The standard InChI is InChI=1S/C11H10ClN3O2S/c12-8-2-5-1-7(15-11(5)18-8)10(17)14-6-3-9(16)13-4-6/h1-2,6,15H,3-4H2,(H,13,16)(H,14,17). The summed E-state index contributed by atoms with van der Waals surface area (Å²) >= 11 is 7.26. The zero-order valence-corrected chi connectivity index (χ0v) is 10.8. The number of halogens is 1. The molecule has 3 heterocycles. The van der Waals surface area contributed by atoms with Crippen LogP contribution in [0, 0.1) is 0 Å². The number of carbonyl (C=O) groups is 2. The van der Waals surface area contributed by atoms with Gasteiger partial charge < -0.3 is 15.6 Å². The van der Waals surface area contributed by atoms with Crippen molar-refractivity contribution in [2.75, 3.05) is 6.54 Å². The van der Waals surface area contributed by atoms with E-state index in [9.17, 15) is 9.59 Å². The number of fused-ring (bicyclic) bond motifs is 1. The van der Waals surface area contributed by atoms with E-state index in [4.69, 9.17) is 11.6 Å². The number of carbonyl (C=O) groups excluding carboxylic acids is 2. The third kappa shape index (κ3) is 2.09. The number of aromatic amines is 1. The minimum absolute atomic E-state index is 0.0282. The van der Waals surface area contributed by atoms with Gasteiger partial charge >= 0.3 is 0 Å². The zero-order valence-electron chi connectivity index (χ0n) is 9.25. The summed E-state index contributed by atoms with van der Waals surface area (Å²) in [5, 5.41) is 6.41. The first-order valence-corrected chi connectivity index (χ1v) is 6.67. The summed E-state index contributed by atoms with van der Waals surface area (Å²) in [7, 11) is 0. The fourth-order valence-corrected chi connectivity index (χ4v) is 3.11. The van der Waals surface area contributed by atoms with Crippen LogP contribution in [0.2, 0.25) is 4.34 Å². The van der Waals surface area contributed by atoms with Crippen LogP contribution in [0.3, 0.4) is 0 Å². The number of amides is 2. The number of H-pyrrole nitrogens is 1. The summed E-state index contributed by atoms with van der Waals surface area (Å²) < 4.78 is 0.689. The Labute approximate surface area is 112 Å². The van der Waals surface area contributed by atoms with Gasteiger partial charge in [0.1, 0.15) is 10.5 Å². The normalized spacial score (nSPS) is 19.2. The molecule has 0 saturated carbocycles. The molecule has 1 aliphatic rings. The molecule has 1 fully saturated rings. The highest BCUT2D eigenvalue weighted by Crippen LogP contribution is 2.29. The van der Waals surface area contributed by atoms with Crippen molar-refractivity contribution in [2.24, 2.45) is 0 Å². The SMILES string of the molecule is O=C1CC(NC(=O)c2cc3cc(Cl)sc3[nH]2)CN1. The van der Waals surface area contributed by atoms with Gasteiger partial charge in [-0.1, -0.05) is 11.6 Å². The van der Waals surface area contributed by atoms with Gasteiger partial charge in [0.15, 0.2) is 0 Å². The third-order valence-electron chi connectivity index (χ3n) is 2.84. The van der Waals surface area contributed by atoms with Crippen LogP contribution in [0.1, 0.15) is 16.9 Å². The molecular weight excluding hydrogens is 274 g/mol. The molecule has 3 N–H and O–H groups in total. The van der Waals surface area contributed by atoms with Gasteiger partial charge in [-0.15, -0.1) is 11.3 Å². The van der Waals surface area contributed by atoms with Crippen molar-refractivity contribution in [1.82, 2.24) is 15.6 Å². The first-order valence-electron chi connectivity index (χ1n) is 5.47. The van der Waals surface area contributed by atoms with Gasteiger partial charge in [0.05, 0.1) is 10.4 Å². The molecule has 1 unspecified atom stereocenters. The third-order valence-corrected chi connectivity index (χ3v) is 4.03. The number of hydrogen-bond acceptors (Lipinski definition) is 3. The van der Waals surface area contributed by atoms with Gasteiger partial charge in [0, 0.05) is 18.4 Å². The van der Waals surface area contributed by atoms with Gasteiger partial charge in [-0.05, 0) is 12.1 Å². The van der Waals surface area contributed by atoms with E-state index in [1.807, 2.05) is 6.07 Å². The van der Waals surface area contributed by atoms with Crippen LogP contribution in [0.5, 0.6) is 0 Å². The predicted molar refractivity (Wildman–Crippen MR) is 70.1 cm³/mol. The van der Waals surface area contributed by atoms with E-state index in [1.54, 1.807) is 6.07 Å². The van der Waals surface area contributed by atoms with Crippen LogP contribution in [-0.4, -0.2) is 29.4 Å². The van der Waals surface area contributed by atoms with Gasteiger partial charge in [0.25, 0.3) is 5.91 Å². The Balaban J connectivity index is 1.75. The second-order valence-electron chi connectivity index (χ2n) is 4.20. The Bertz CT molecular complexity index is 602. The average molecular weight is 284 g/mol. The minimum atomic E-state index is -0.198. The Morgan fingerprint density at radius 2 is 2.33 bits per heavy atom. The van der Waals surface area contributed by atoms with E-state index >= 15 is 0 Å². The minimum Gasteiger partial charge on any atom is -0.354 e. The molecule has 94 valence electrons. The second-order valence-corrected chi connectivity index (χ2v) is 5.88. The van der Waals surface area contributed by atoms with Crippen LogP contribution in [0.15, 0.2) is 12.1 Å². The molecule has 3 rings (SSSR count). The van der Waals surface area contributed by atoms with Crippen molar-refractivity contribution >= 4 is 45.0 Å². The van der Waals surface area contributed by atoms with Crippen molar-refractivity contribution in [3.05, 3.63) is 22.2 Å². The monoisotopic (exact) mass is 283 g/mol. The summed E-state index contributed by atoms with van der Waals surface area (Å²) in [5.74, 6) is -0.226. The molecule has 1 aliphatic heterocycles. The summed E-state index contributed by atoms with van der Waals surface area (Å²) in [6.07, 6.45) is 0.340. The molecule has 18 heavy (non-hydrogen) atoms. The highest BCUT2D eigenvalue weighted by atomic mass is 35.5. The van der Waals surface area contributed by atoms with E-state index in [1.165, 1.54) is 11.3 Å². The Hall–Kier alpha value is -1.53. The van der Waals surface area contributed by atoms with Crippen molar-refractivity contribution in [2.45, 2.75) is 12.5 Å². The maximum absolute atomic E-state index is 12.0.